The fraction of sp³-hybridized carbons (Fsp3) is 0.333. The van der Waals surface area contributed by atoms with Crippen LogP contribution >= 0.6 is 12.2 Å². The van der Waals surface area contributed by atoms with E-state index in [1.54, 1.807) is 4.90 Å². The monoisotopic (exact) mass is 274 g/mol. The summed E-state index contributed by atoms with van der Waals surface area (Å²) in [6.45, 7) is 9.09. The van der Waals surface area contributed by atoms with Gasteiger partial charge in [-0.1, -0.05) is 24.3 Å². The first-order valence-corrected chi connectivity index (χ1v) is 6.76. The molecule has 1 amide bonds. The topological polar surface area (TPSA) is 23.6 Å². The van der Waals surface area contributed by atoms with Crippen LogP contribution in [0.4, 0.5) is 5.69 Å². The Kier molecular flexibility index (Phi) is 4.00. The third-order valence-electron chi connectivity index (χ3n) is 3.32. The van der Waals surface area contributed by atoms with Gasteiger partial charge in [-0.25, -0.2) is 0 Å². The molecule has 0 N–H and O–H groups in total. The summed E-state index contributed by atoms with van der Waals surface area (Å²) in [5.74, 6) is 0.0720. The maximum absolute atomic E-state index is 12.2. The van der Waals surface area contributed by atoms with Gasteiger partial charge in [-0.15, -0.1) is 6.58 Å². The number of rotatable bonds is 3. The van der Waals surface area contributed by atoms with Gasteiger partial charge in [0.05, 0.1) is 5.69 Å². The van der Waals surface area contributed by atoms with Gasteiger partial charge in [0.2, 0.25) is 5.91 Å². The SMILES string of the molecule is C=CCN1CCC(=O)N(c2c(C)cccc2C)C1=S. The fourth-order valence-electron chi connectivity index (χ4n) is 2.39. The van der Waals surface area contributed by atoms with Gasteiger partial charge >= 0.3 is 0 Å². The Labute approximate surface area is 119 Å². The second-order valence-electron chi connectivity index (χ2n) is 4.74. The van der Waals surface area contributed by atoms with E-state index < -0.39 is 0 Å². The fourth-order valence-corrected chi connectivity index (χ4v) is 2.75. The first-order chi connectivity index (χ1) is 9.06. The molecule has 1 aliphatic rings. The number of thiocarbonyl (C=S) groups is 1. The van der Waals surface area contributed by atoms with Crippen LogP contribution in [-0.4, -0.2) is 29.0 Å². The molecule has 0 atom stereocenters. The molecule has 0 radical (unpaired) electrons. The molecule has 1 heterocycles. The summed E-state index contributed by atoms with van der Waals surface area (Å²) >= 11 is 5.48. The molecule has 100 valence electrons. The number of para-hydroxylation sites is 1. The highest BCUT2D eigenvalue weighted by molar-refractivity contribution is 7.80. The van der Waals surface area contributed by atoms with E-state index >= 15 is 0 Å². The first kappa shape index (κ1) is 13.7. The lowest BCUT2D eigenvalue weighted by atomic mass is 10.1. The predicted octanol–water partition coefficient (Wildman–Crippen LogP) is 2.81. The van der Waals surface area contributed by atoms with Crippen molar-refractivity contribution in [2.24, 2.45) is 0 Å². The number of carbonyl (C=O) groups is 1. The molecule has 2 rings (SSSR count). The Morgan fingerprint density at radius 1 is 1.37 bits per heavy atom. The molecule has 1 aromatic rings. The van der Waals surface area contributed by atoms with Crippen molar-refractivity contribution >= 4 is 28.9 Å². The lowest BCUT2D eigenvalue weighted by Crippen LogP contribution is -2.52. The van der Waals surface area contributed by atoms with Gasteiger partial charge in [0, 0.05) is 19.5 Å². The molecule has 1 fully saturated rings. The highest BCUT2D eigenvalue weighted by Crippen LogP contribution is 2.28. The Balaban J connectivity index is 2.43. The van der Waals surface area contributed by atoms with Crippen LogP contribution in [0.5, 0.6) is 0 Å². The normalized spacial score (nSPS) is 15.9. The molecule has 3 nitrogen and oxygen atoms in total. The van der Waals surface area contributed by atoms with Crippen LogP contribution in [0.25, 0.3) is 0 Å². The number of nitrogens with zero attached hydrogens (tertiary/aromatic N) is 2. The van der Waals surface area contributed by atoms with Gasteiger partial charge in [0.15, 0.2) is 5.11 Å². The summed E-state index contributed by atoms with van der Waals surface area (Å²) in [5, 5.41) is 0.577. The zero-order valence-corrected chi connectivity index (χ0v) is 12.2. The summed E-state index contributed by atoms with van der Waals surface area (Å²) in [6.07, 6.45) is 2.30. The van der Waals surface area contributed by atoms with E-state index in [4.69, 9.17) is 12.2 Å². The van der Waals surface area contributed by atoms with Gasteiger partial charge in [0.25, 0.3) is 0 Å². The van der Waals surface area contributed by atoms with Crippen LogP contribution in [0.1, 0.15) is 17.5 Å². The molecule has 0 saturated carbocycles. The second kappa shape index (κ2) is 5.53. The lowest BCUT2D eigenvalue weighted by molar-refractivity contribution is -0.118. The molecule has 0 spiro atoms. The van der Waals surface area contributed by atoms with Crippen molar-refractivity contribution in [3.8, 4) is 0 Å². The van der Waals surface area contributed by atoms with E-state index in [2.05, 4.69) is 6.58 Å². The van der Waals surface area contributed by atoms with Crippen molar-refractivity contribution in [2.75, 3.05) is 18.0 Å². The Bertz CT molecular complexity index is 519. The van der Waals surface area contributed by atoms with Crippen molar-refractivity contribution in [1.29, 1.82) is 0 Å². The quantitative estimate of drug-likeness (QED) is 0.625. The van der Waals surface area contributed by atoms with E-state index in [0.29, 0.717) is 24.6 Å². The minimum Gasteiger partial charge on any atom is -0.344 e. The minimum atomic E-state index is 0.0720. The standard InChI is InChI=1S/C15H18N2OS/c1-4-9-16-10-8-13(18)17(15(16)19)14-11(2)6-5-7-12(14)3/h4-7H,1,8-10H2,2-3H3. The minimum absolute atomic E-state index is 0.0720. The van der Waals surface area contributed by atoms with Crippen LogP contribution in [0.3, 0.4) is 0 Å². The van der Waals surface area contributed by atoms with Crippen LogP contribution < -0.4 is 4.90 Å². The highest BCUT2D eigenvalue weighted by Gasteiger charge is 2.30. The summed E-state index contributed by atoms with van der Waals surface area (Å²) in [5.41, 5.74) is 3.05. The highest BCUT2D eigenvalue weighted by atomic mass is 32.1. The van der Waals surface area contributed by atoms with Crippen LogP contribution in [0, 0.1) is 13.8 Å². The number of carbonyl (C=O) groups excluding carboxylic acids is 1. The van der Waals surface area contributed by atoms with E-state index in [0.717, 1.165) is 16.8 Å². The molecule has 0 bridgehead atoms. The van der Waals surface area contributed by atoms with Crippen molar-refractivity contribution in [3.63, 3.8) is 0 Å². The molecule has 19 heavy (non-hydrogen) atoms. The molecule has 0 unspecified atom stereocenters. The van der Waals surface area contributed by atoms with Crippen LogP contribution in [-0.2, 0) is 4.79 Å². The lowest BCUT2D eigenvalue weighted by Gasteiger charge is -2.37. The number of amides is 1. The summed E-state index contributed by atoms with van der Waals surface area (Å²) < 4.78 is 0. The predicted molar refractivity (Wildman–Crippen MR) is 82.4 cm³/mol. The maximum atomic E-state index is 12.2. The number of anilines is 1. The maximum Gasteiger partial charge on any atom is 0.235 e. The Morgan fingerprint density at radius 3 is 2.58 bits per heavy atom. The van der Waals surface area contributed by atoms with Gasteiger partial charge in [-0.05, 0) is 37.2 Å². The first-order valence-electron chi connectivity index (χ1n) is 6.35. The van der Waals surface area contributed by atoms with Crippen LogP contribution in [0.2, 0.25) is 0 Å². The average Bonchev–Trinajstić information content (AvgIpc) is 2.36. The number of hydrogen-bond donors (Lipinski definition) is 0. The van der Waals surface area contributed by atoms with Gasteiger partial charge < -0.3 is 4.90 Å². The molecule has 1 aromatic carbocycles. The molecular weight excluding hydrogens is 256 g/mol. The zero-order valence-electron chi connectivity index (χ0n) is 11.3. The Hall–Kier alpha value is -1.68. The van der Waals surface area contributed by atoms with Crippen molar-refractivity contribution < 1.29 is 4.79 Å². The average molecular weight is 274 g/mol. The van der Waals surface area contributed by atoms with E-state index in [-0.39, 0.29) is 5.91 Å². The number of hydrogen-bond acceptors (Lipinski definition) is 2. The molecular formula is C15H18N2OS. The van der Waals surface area contributed by atoms with Crippen molar-refractivity contribution in [3.05, 3.63) is 42.0 Å². The summed E-state index contributed by atoms with van der Waals surface area (Å²) in [6, 6.07) is 6.00. The number of benzene rings is 1. The number of aryl methyl sites for hydroxylation is 2. The molecule has 0 aromatic heterocycles. The van der Waals surface area contributed by atoms with Crippen molar-refractivity contribution in [1.82, 2.24) is 4.90 Å². The molecule has 0 aliphatic carbocycles. The van der Waals surface area contributed by atoms with Gasteiger partial charge in [-0.3, -0.25) is 9.69 Å². The Morgan fingerprint density at radius 2 is 2.00 bits per heavy atom. The van der Waals surface area contributed by atoms with Crippen molar-refractivity contribution in [2.45, 2.75) is 20.3 Å². The zero-order chi connectivity index (χ0) is 14.0. The summed E-state index contributed by atoms with van der Waals surface area (Å²) in [4.78, 5) is 15.9. The van der Waals surface area contributed by atoms with Gasteiger partial charge in [0.1, 0.15) is 0 Å². The van der Waals surface area contributed by atoms with Gasteiger partial charge in [-0.2, -0.15) is 0 Å². The third-order valence-corrected chi connectivity index (χ3v) is 3.76. The second-order valence-corrected chi connectivity index (χ2v) is 5.10. The molecule has 1 saturated heterocycles. The largest absolute Gasteiger partial charge is 0.344 e. The van der Waals surface area contributed by atoms with Crippen LogP contribution in [0.15, 0.2) is 30.9 Å². The third kappa shape index (κ3) is 2.54. The van der Waals surface area contributed by atoms with E-state index in [1.807, 2.05) is 43.0 Å². The summed E-state index contributed by atoms with van der Waals surface area (Å²) in [7, 11) is 0. The van der Waals surface area contributed by atoms with E-state index in [9.17, 15) is 4.79 Å². The molecule has 4 heteroatoms. The molecule has 1 aliphatic heterocycles. The smallest absolute Gasteiger partial charge is 0.235 e. The van der Waals surface area contributed by atoms with E-state index in [1.165, 1.54) is 0 Å².